The molecule has 1 heterocycles. The Morgan fingerprint density at radius 2 is 1.29 bits per heavy atom. The fourth-order valence-corrected chi connectivity index (χ4v) is 11.2. The number of carbonyl (C=O) groups excluding carboxylic acids is 2. The van der Waals surface area contributed by atoms with Crippen LogP contribution in [0.5, 0.6) is 0 Å². The highest BCUT2D eigenvalue weighted by Gasteiger charge is 2.42. The van der Waals surface area contributed by atoms with Crippen LogP contribution in [-0.4, -0.2) is 49.2 Å². The molecule has 1 amide bonds. The molecule has 68 heavy (non-hydrogen) atoms. The highest BCUT2D eigenvalue weighted by molar-refractivity contribution is 6.31. The van der Waals surface area contributed by atoms with Crippen LogP contribution in [-0.2, 0) is 31.1 Å². The number of carbonyl (C=O) groups is 2. The summed E-state index contributed by atoms with van der Waals surface area (Å²) in [6, 6.07) is 51.3. The van der Waals surface area contributed by atoms with Crippen LogP contribution < -0.4 is 5.32 Å². The molecule has 1 saturated carbocycles. The second-order valence-electron chi connectivity index (χ2n) is 19.1. The average molecular weight is 926 g/mol. The van der Waals surface area contributed by atoms with E-state index in [0.717, 1.165) is 60.2 Å². The lowest BCUT2D eigenvalue weighted by atomic mass is 9.78. The number of hydrogen-bond acceptors (Lipinski definition) is 5. The number of rotatable bonds is 17. The van der Waals surface area contributed by atoms with Crippen LogP contribution in [0.1, 0.15) is 133 Å². The zero-order chi connectivity index (χ0) is 46.7. The van der Waals surface area contributed by atoms with Crippen molar-refractivity contribution in [3.63, 3.8) is 0 Å². The van der Waals surface area contributed by atoms with Gasteiger partial charge in [0.25, 0.3) is 0 Å². The van der Waals surface area contributed by atoms with Crippen molar-refractivity contribution in [2.45, 2.75) is 107 Å². The number of benzene rings is 6. The van der Waals surface area contributed by atoms with Gasteiger partial charge in [0.15, 0.2) is 5.60 Å². The van der Waals surface area contributed by atoms with Crippen LogP contribution in [0, 0.1) is 0 Å². The zero-order valence-electron chi connectivity index (χ0n) is 39.4. The number of nitrogens with one attached hydrogen (secondary N) is 1. The van der Waals surface area contributed by atoms with Gasteiger partial charge in [0.1, 0.15) is 0 Å². The first-order chi connectivity index (χ1) is 33.4. The summed E-state index contributed by atoms with van der Waals surface area (Å²) in [6.45, 7) is 6.78. The number of allylic oxidation sites excluding steroid dienone is 1. The Bertz CT molecular complexity index is 2600. The molecular weight excluding hydrogens is 860 g/mol. The molecule has 2 atom stereocenters. The van der Waals surface area contributed by atoms with Crippen LogP contribution >= 0.6 is 11.6 Å². The molecule has 1 N–H and O–H groups in total. The molecule has 9 rings (SSSR count). The Balaban J connectivity index is 0.895. The predicted octanol–water partition coefficient (Wildman–Crippen LogP) is 13.8. The number of ether oxygens (including phenoxy) is 2. The lowest BCUT2D eigenvalue weighted by Crippen LogP contribution is -2.49. The molecule has 1 aliphatic heterocycles. The molecule has 7 heteroatoms. The molecule has 0 aromatic heterocycles. The molecule has 1 unspecified atom stereocenters. The summed E-state index contributed by atoms with van der Waals surface area (Å²) in [4.78, 5) is 30.6. The van der Waals surface area contributed by atoms with E-state index >= 15 is 0 Å². The molecule has 0 radical (unpaired) electrons. The van der Waals surface area contributed by atoms with Gasteiger partial charge in [-0.25, -0.2) is 0 Å². The van der Waals surface area contributed by atoms with Gasteiger partial charge in [-0.1, -0.05) is 196 Å². The van der Waals surface area contributed by atoms with Gasteiger partial charge in [-0.15, -0.1) is 0 Å². The van der Waals surface area contributed by atoms with Crippen molar-refractivity contribution in [1.29, 1.82) is 0 Å². The molecule has 6 nitrogen and oxygen atoms in total. The van der Waals surface area contributed by atoms with Crippen LogP contribution in [0.3, 0.4) is 0 Å². The number of halogens is 1. The van der Waals surface area contributed by atoms with E-state index in [0.29, 0.717) is 36.0 Å². The van der Waals surface area contributed by atoms with Crippen molar-refractivity contribution in [3.05, 3.63) is 208 Å². The monoisotopic (exact) mass is 924 g/mol. The van der Waals surface area contributed by atoms with Crippen molar-refractivity contribution in [2.24, 2.45) is 0 Å². The summed E-state index contributed by atoms with van der Waals surface area (Å²) in [6.07, 6.45) is 13.0. The lowest BCUT2D eigenvalue weighted by molar-refractivity contribution is -0.153. The smallest absolute Gasteiger partial charge is 0.307 e. The summed E-state index contributed by atoms with van der Waals surface area (Å²) < 4.78 is 13.2. The van der Waals surface area contributed by atoms with E-state index in [4.69, 9.17) is 21.1 Å². The Morgan fingerprint density at radius 3 is 2.00 bits per heavy atom. The van der Waals surface area contributed by atoms with Crippen LogP contribution in [0.2, 0.25) is 5.02 Å². The minimum absolute atomic E-state index is 0.103. The summed E-state index contributed by atoms with van der Waals surface area (Å²) in [5, 5.41) is 4.04. The fraction of sp³-hybridized carbons (Fsp3) is 0.344. The van der Waals surface area contributed by atoms with Crippen LogP contribution in [0.25, 0.3) is 16.7 Å². The lowest BCUT2D eigenvalue weighted by Gasteiger charge is -2.36. The van der Waals surface area contributed by atoms with Gasteiger partial charge in [-0.2, -0.15) is 0 Å². The highest BCUT2D eigenvalue weighted by Crippen LogP contribution is 2.46. The Labute approximate surface area is 408 Å². The average Bonchev–Trinajstić information content (AvgIpc) is 3.69. The third-order valence-electron chi connectivity index (χ3n) is 14.6. The Morgan fingerprint density at radius 1 is 0.676 bits per heavy atom. The minimum atomic E-state index is -1.28. The Hall–Kier alpha value is -5.79. The summed E-state index contributed by atoms with van der Waals surface area (Å²) in [5.74, 6) is 0.417. The van der Waals surface area contributed by atoms with Gasteiger partial charge in [-0.05, 0) is 101 Å². The number of likely N-dealkylation sites (tertiary alicyclic amines) is 1. The second kappa shape index (κ2) is 22.5. The molecule has 6 aromatic carbocycles. The molecule has 0 bridgehead atoms. The molecule has 1 saturated heterocycles. The summed E-state index contributed by atoms with van der Waals surface area (Å²) >= 11 is 7.06. The maximum Gasteiger partial charge on any atom is 0.307 e. The van der Waals surface area contributed by atoms with Crippen molar-refractivity contribution < 1.29 is 19.1 Å². The Kier molecular flexibility index (Phi) is 15.7. The highest BCUT2D eigenvalue weighted by atomic mass is 35.5. The zero-order valence-corrected chi connectivity index (χ0v) is 40.1. The van der Waals surface area contributed by atoms with Gasteiger partial charge in [-0.3, -0.25) is 14.9 Å². The maximum atomic E-state index is 14.4. The quantitative estimate of drug-likeness (QED) is 0.0427. The fourth-order valence-electron chi connectivity index (χ4n) is 11.0. The summed E-state index contributed by atoms with van der Waals surface area (Å²) in [7, 11) is 0. The van der Waals surface area contributed by atoms with Crippen LogP contribution in [0.15, 0.2) is 158 Å². The van der Waals surface area contributed by atoms with Crippen molar-refractivity contribution in [1.82, 2.24) is 10.2 Å². The first-order valence-corrected chi connectivity index (χ1v) is 25.4. The van der Waals surface area contributed by atoms with Crippen molar-refractivity contribution in [2.75, 3.05) is 26.4 Å². The van der Waals surface area contributed by atoms with Gasteiger partial charge in [0.05, 0.1) is 19.4 Å². The number of fused-ring (bicyclic) bond motifs is 3. The number of hydrogen-bond donors (Lipinski definition) is 1. The molecule has 3 aliphatic rings. The third kappa shape index (κ3) is 10.7. The first-order valence-electron chi connectivity index (χ1n) is 25.1. The molecule has 6 aromatic rings. The maximum absolute atomic E-state index is 14.4. The van der Waals surface area contributed by atoms with Crippen molar-refractivity contribution >= 4 is 29.1 Å². The van der Waals surface area contributed by atoms with Gasteiger partial charge in [0.2, 0.25) is 5.91 Å². The number of amides is 1. The topological polar surface area (TPSA) is 67.9 Å². The third-order valence-corrected chi connectivity index (χ3v) is 15.0. The normalized spacial score (nSPS) is 16.7. The van der Waals surface area contributed by atoms with Gasteiger partial charge < -0.3 is 14.4 Å². The van der Waals surface area contributed by atoms with Gasteiger partial charge >= 0.3 is 5.97 Å². The number of nitrogens with zero attached hydrogens (tertiary/aromatic N) is 1. The molecular formula is C61H65ClN2O4. The van der Waals surface area contributed by atoms with E-state index in [1.807, 2.05) is 71.6 Å². The molecule has 0 spiro atoms. The van der Waals surface area contributed by atoms with Gasteiger partial charge in [0, 0.05) is 47.1 Å². The van der Waals surface area contributed by atoms with E-state index in [1.54, 1.807) is 0 Å². The SMILES string of the molecule is C=C(CCC(=O)OC(c1ccccc1)(c1ccc(C2CCCCCCC2)cc1)c1ccccc1Cl)c1cccc(C[C@H](NCOCC2c3ccccc3-c3ccccc32)C(=O)N2CCCCC2)c1. The minimum Gasteiger partial charge on any atom is -0.444 e. The number of esters is 1. The second-order valence-corrected chi connectivity index (χ2v) is 19.5. The summed E-state index contributed by atoms with van der Waals surface area (Å²) in [5.41, 5.74) is 10.3. The molecule has 350 valence electrons. The van der Waals surface area contributed by atoms with E-state index in [9.17, 15) is 9.59 Å². The first kappa shape index (κ1) is 47.3. The molecule has 2 aliphatic carbocycles. The predicted molar refractivity (Wildman–Crippen MR) is 276 cm³/mol. The van der Waals surface area contributed by atoms with Crippen LogP contribution in [0.4, 0.5) is 0 Å². The van der Waals surface area contributed by atoms with Crippen molar-refractivity contribution in [3.8, 4) is 11.1 Å². The molecule has 2 fully saturated rings. The van der Waals surface area contributed by atoms with E-state index in [-0.39, 0.29) is 30.9 Å². The van der Waals surface area contributed by atoms with E-state index in [1.165, 1.54) is 72.8 Å². The number of piperidine rings is 1. The standard InChI is InChI=1S/C61H65ClN2O4/c1-44(32-37-59(65)68-61(49-24-9-5-10-25-49,56-30-15-16-31-57(56)62)50-35-33-47(34-36-50)46-21-7-3-2-4-8-22-46)48-23-19-20-45(40-48)41-58(60(66)64-38-17-6-18-39-64)63-43-67-42-55-53-28-13-11-26-51(53)52-27-12-14-29-54(52)55/h5,9-16,19-20,23-31,33-36,40,46,55,58,63H,1-4,6-8,17-18,21-22,32,37-39,41-43H2/t58-,61?/m0/s1. The van der Waals surface area contributed by atoms with E-state index in [2.05, 4.69) is 96.8 Å². The largest absolute Gasteiger partial charge is 0.444 e. The van der Waals surface area contributed by atoms with E-state index < -0.39 is 11.6 Å².